The Labute approximate surface area is 107 Å². The van der Waals surface area contributed by atoms with Crippen LogP contribution in [0.4, 0.5) is 0 Å². The highest BCUT2D eigenvalue weighted by molar-refractivity contribution is 5.36. The van der Waals surface area contributed by atoms with Gasteiger partial charge in [0.05, 0.1) is 12.4 Å². The van der Waals surface area contributed by atoms with Crippen LogP contribution in [-0.2, 0) is 0 Å². The van der Waals surface area contributed by atoms with E-state index in [1.165, 1.54) is 0 Å². The lowest BCUT2D eigenvalue weighted by molar-refractivity contribution is 0.214. The van der Waals surface area contributed by atoms with Crippen molar-refractivity contribution in [2.45, 2.75) is 33.0 Å². The van der Waals surface area contributed by atoms with Crippen LogP contribution in [0.25, 0.3) is 0 Å². The van der Waals surface area contributed by atoms with Gasteiger partial charge in [-0.15, -0.1) is 0 Å². The molecule has 1 N–H and O–H groups in total. The summed E-state index contributed by atoms with van der Waals surface area (Å²) in [5.74, 6) is 1.50. The Morgan fingerprint density at radius 2 is 2.00 bits per heavy atom. The van der Waals surface area contributed by atoms with E-state index in [-0.39, 0.29) is 6.10 Å². The topological polar surface area (TPSA) is 42.6 Å². The van der Waals surface area contributed by atoms with Gasteiger partial charge in [0.1, 0.15) is 17.6 Å². The van der Waals surface area contributed by atoms with E-state index in [2.05, 4.69) is 0 Å². The maximum Gasteiger partial charge on any atom is 0.120 e. The van der Waals surface area contributed by atoms with Crippen LogP contribution < -0.4 is 4.74 Å². The summed E-state index contributed by atoms with van der Waals surface area (Å²) in [5, 5.41) is 10.3. The predicted molar refractivity (Wildman–Crippen MR) is 69.7 cm³/mol. The van der Waals surface area contributed by atoms with Gasteiger partial charge in [-0.1, -0.05) is 12.1 Å². The van der Waals surface area contributed by atoms with Crippen molar-refractivity contribution in [3.8, 4) is 5.75 Å². The Kier molecular flexibility index (Phi) is 3.72. The van der Waals surface area contributed by atoms with Crippen LogP contribution in [0.15, 0.2) is 41.0 Å². The molecule has 0 aliphatic heterocycles. The first-order chi connectivity index (χ1) is 8.58. The van der Waals surface area contributed by atoms with Crippen LogP contribution in [0.2, 0.25) is 0 Å². The zero-order chi connectivity index (χ0) is 13.1. The molecule has 0 fully saturated rings. The lowest BCUT2D eigenvalue weighted by Gasteiger charge is -2.14. The third-order valence-corrected chi connectivity index (χ3v) is 2.74. The van der Waals surface area contributed by atoms with Crippen molar-refractivity contribution in [2.75, 3.05) is 0 Å². The summed E-state index contributed by atoms with van der Waals surface area (Å²) in [6, 6.07) is 9.29. The molecule has 0 bridgehead atoms. The number of rotatable bonds is 4. The number of hydrogen-bond donors (Lipinski definition) is 1. The molecule has 96 valence electrons. The molecule has 18 heavy (non-hydrogen) atoms. The Hall–Kier alpha value is -1.74. The van der Waals surface area contributed by atoms with E-state index in [9.17, 15) is 5.11 Å². The minimum Gasteiger partial charge on any atom is -0.491 e. The molecule has 0 aliphatic rings. The van der Waals surface area contributed by atoms with Gasteiger partial charge in [-0.25, -0.2) is 0 Å². The summed E-state index contributed by atoms with van der Waals surface area (Å²) in [4.78, 5) is 0. The summed E-state index contributed by atoms with van der Waals surface area (Å²) in [7, 11) is 0. The number of aryl methyl sites for hydroxylation is 1. The molecule has 1 aromatic heterocycles. The van der Waals surface area contributed by atoms with Gasteiger partial charge in [0.25, 0.3) is 0 Å². The number of hydrogen-bond acceptors (Lipinski definition) is 3. The summed E-state index contributed by atoms with van der Waals surface area (Å²) in [6.07, 6.45) is 1.02. The van der Waals surface area contributed by atoms with Gasteiger partial charge in [0, 0.05) is 5.56 Å². The van der Waals surface area contributed by atoms with Crippen molar-refractivity contribution in [2.24, 2.45) is 0 Å². The molecular weight excluding hydrogens is 228 g/mol. The maximum absolute atomic E-state index is 10.3. The van der Waals surface area contributed by atoms with Gasteiger partial charge in [0.2, 0.25) is 0 Å². The first-order valence-electron chi connectivity index (χ1n) is 6.06. The normalized spacial score (nSPS) is 12.7. The number of ether oxygens (including phenoxy) is 1. The average Bonchev–Trinajstić information content (AvgIpc) is 2.74. The predicted octanol–water partition coefficient (Wildman–Crippen LogP) is 3.46. The Morgan fingerprint density at radius 1 is 1.22 bits per heavy atom. The molecule has 1 heterocycles. The summed E-state index contributed by atoms with van der Waals surface area (Å²) >= 11 is 0. The second kappa shape index (κ2) is 5.27. The molecule has 1 unspecified atom stereocenters. The third kappa shape index (κ3) is 2.74. The fourth-order valence-electron chi connectivity index (χ4n) is 1.89. The van der Waals surface area contributed by atoms with Gasteiger partial charge in [0.15, 0.2) is 0 Å². The van der Waals surface area contributed by atoms with Crippen molar-refractivity contribution >= 4 is 0 Å². The van der Waals surface area contributed by atoms with Crippen molar-refractivity contribution in [1.82, 2.24) is 0 Å². The van der Waals surface area contributed by atoms with E-state index >= 15 is 0 Å². The van der Waals surface area contributed by atoms with E-state index in [0.29, 0.717) is 0 Å². The fourth-order valence-corrected chi connectivity index (χ4v) is 1.89. The number of furan rings is 1. The van der Waals surface area contributed by atoms with Crippen molar-refractivity contribution in [3.63, 3.8) is 0 Å². The minimum absolute atomic E-state index is 0.119. The molecule has 1 aromatic carbocycles. The highest BCUT2D eigenvalue weighted by Crippen LogP contribution is 2.27. The molecule has 0 radical (unpaired) electrons. The van der Waals surface area contributed by atoms with E-state index in [4.69, 9.17) is 9.15 Å². The minimum atomic E-state index is -0.681. The molecule has 0 spiro atoms. The summed E-state index contributed by atoms with van der Waals surface area (Å²) in [6.45, 7) is 5.79. The van der Waals surface area contributed by atoms with Crippen molar-refractivity contribution in [1.29, 1.82) is 0 Å². The zero-order valence-corrected chi connectivity index (χ0v) is 10.9. The number of benzene rings is 1. The fraction of sp³-hybridized carbons (Fsp3) is 0.333. The molecule has 0 aliphatic carbocycles. The third-order valence-electron chi connectivity index (χ3n) is 2.74. The van der Waals surface area contributed by atoms with E-state index in [0.717, 1.165) is 22.6 Å². The monoisotopic (exact) mass is 246 g/mol. The Balaban J connectivity index is 2.25. The van der Waals surface area contributed by atoms with Crippen LogP contribution in [0.1, 0.15) is 36.8 Å². The second-order valence-electron chi connectivity index (χ2n) is 4.57. The lowest BCUT2D eigenvalue weighted by atomic mass is 10.0. The molecule has 3 heteroatoms. The largest absolute Gasteiger partial charge is 0.491 e. The Morgan fingerprint density at radius 3 is 2.61 bits per heavy atom. The SMILES string of the molecule is Cc1occc1C(O)c1cccc(OC(C)C)c1. The van der Waals surface area contributed by atoms with Crippen LogP contribution in [0.3, 0.4) is 0 Å². The van der Waals surface area contributed by atoms with Gasteiger partial charge in [-0.3, -0.25) is 0 Å². The standard InChI is InChI=1S/C15H18O3/c1-10(2)18-13-6-4-5-12(9-13)15(16)14-7-8-17-11(14)3/h4-10,15-16H,1-3H3. The van der Waals surface area contributed by atoms with E-state index < -0.39 is 6.10 Å². The number of aliphatic hydroxyl groups excluding tert-OH is 1. The molecule has 1 atom stereocenters. The lowest BCUT2D eigenvalue weighted by Crippen LogP contribution is -2.06. The first kappa shape index (κ1) is 12.7. The van der Waals surface area contributed by atoms with Crippen LogP contribution in [0, 0.1) is 6.92 Å². The number of aliphatic hydroxyl groups is 1. The van der Waals surface area contributed by atoms with Crippen molar-refractivity contribution in [3.05, 3.63) is 53.5 Å². The van der Waals surface area contributed by atoms with Crippen molar-refractivity contribution < 1.29 is 14.3 Å². The highest BCUT2D eigenvalue weighted by Gasteiger charge is 2.15. The molecular formula is C15H18O3. The molecule has 0 saturated carbocycles. The highest BCUT2D eigenvalue weighted by atomic mass is 16.5. The van der Waals surface area contributed by atoms with Crippen LogP contribution in [0.5, 0.6) is 5.75 Å². The maximum atomic E-state index is 10.3. The molecule has 3 nitrogen and oxygen atoms in total. The van der Waals surface area contributed by atoms with E-state index in [1.807, 2.05) is 45.0 Å². The van der Waals surface area contributed by atoms with Gasteiger partial charge in [-0.2, -0.15) is 0 Å². The van der Waals surface area contributed by atoms with Crippen LogP contribution >= 0.6 is 0 Å². The van der Waals surface area contributed by atoms with Gasteiger partial charge >= 0.3 is 0 Å². The summed E-state index contributed by atoms with van der Waals surface area (Å²) in [5.41, 5.74) is 1.59. The van der Waals surface area contributed by atoms with E-state index in [1.54, 1.807) is 12.3 Å². The molecule has 2 rings (SSSR count). The van der Waals surface area contributed by atoms with Gasteiger partial charge < -0.3 is 14.3 Å². The average molecular weight is 246 g/mol. The van der Waals surface area contributed by atoms with Crippen LogP contribution in [-0.4, -0.2) is 11.2 Å². The smallest absolute Gasteiger partial charge is 0.120 e. The Bertz CT molecular complexity index is 514. The quantitative estimate of drug-likeness (QED) is 0.898. The second-order valence-corrected chi connectivity index (χ2v) is 4.57. The summed E-state index contributed by atoms with van der Waals surface area (Å²) < 4.78 is 10.8. The van der Waals surface area contributed by atoms with Gasteiger partial charge in [-0.05, 0) is 44.5 Å². The molecule has 0 saturated heterocycles. The first-order valence-corrected chi connectivity index (χ1v) is 6.06. The zero-order valence-electron chi connectivity index (χ0n) is 10.9. The molecule has 2 aromatic rings. The molecule has 0 amide bonds.